The second-order valence-electron chi connectivity index (χ2n) is 8.79. The standard InChI is InChI=1S/C24H31N5O2/c1-16(2)22(25-24(30)20-8-12-31-15-20)23-27-26-21-7-9-28(10-11-29(21)23)14-19-6-5-17(3)13-18(19)4/h5-6,8,12-13,15-16,22H,7,9-11,14H2,1-4H3,(H,25,30)/t22-/m0/s1. The van der Waals surface area contributed by atoms with Gasteiger partial charge in [0, 0.05) is 32.6 Å². The lowest BCUT2D eigenvalue weighted by molar-refractivity contribution is 0.0921. The summed E-state index contributed by atoms with van der Waals surface area (Å²) >= 11 is 0. The molecule has 1 N–H and O–H groups in total. The van der Waals surface area contributed by atoms with Gasteiger partial charge in [-0.25, -0.2) is 0 Å². The smallest absolute Gasteiger partial charge is 0.255 e. The Kier molecular flexibility index (Phi) is 6.23. The number of aromatic nitrogens is 3. The molecule has 0 spiro atoms. The zero-order valence-corrected chi connectivity index (χ0v) is 18.8. The van der Waals surface area contributed by atoms with Crippen LogP contribution in [0.3, 0.4) is 0 Å². The molecule has 3 heterocycles. The number of benzene rings is 1. The van der Waals surface area contributed by atoms with Crippen molar-refractivity contribution in [3.8, 4) is 0 Å². The molecular formula is C24H31N5O2. The van der Waals surface area contributed by atoms with Crippen molar-refractivity contribution in [2.75, 3.05) is 13.1 Å². The molecule has 31 heavy (non-hydrogen) atoms. The van der Waals surface area contributed by atoms with Crippen LogP contribution in [0.5, 0.6) is 0 Å². The van der Waals surface area contributed by atoms with Crippen molar-refractivity contribution in [3.05, 3.63) is 70.7 Å². The van der Waals surface area contributed by atoms with Crippen LogP contribution in [0.25, 0.3) is 0 Å². The van der Waals surface area contributed by atoms with Crippen LogP contribution in [0.15, 0.2) is 41.2 Å². The number of rotatable bonds is 6. The van der Waals surface area contributed by atoms with Gasteiger partial charge in [-0.2, -0.15) is 0 Å². The summed E-state index contributed by atoms with van der Waals surface area (Å²) in [5.74, 6) is 1.84. The molecule has 3 aromatic rings. The summed E-state index contributed by atoms with van der Waals surface area (Å²) in [5.41, 5.74) is 4.52. The van der Waals surface area contributed by atoms with Gasteiger partial charge >= 0.3 is 0 Å². The fraction of sp³-hybridized carbons (Fsp3) is 0.458. The zero-order valence-electron chi connectivity index (χ0n) is 18.8. The predicted octanol–water partition coefficient (Wildman–Crippen LogP) is 3.67. The molecule has 1 aromatic carbocycles. The van der Waals surface area contributed by atoms with Gasteiger partial charge in [0.25, 0.3) is 5.91 Å². The summed E-state index contributed by atoms with van der Waals surface area (Å²) in [7, 11) is 0. The summed E-state index contributed by atoms with van der Waals surface area (Å²) in [6.45, 7) is 12.1. The Morgan fingerprint density at radius 3 is 2.71 bits per heavy atom. The van der Waals surface area contributed by atoms with Crippen LogP contribution in [0.1, 0.15) is 58.6 Å². The van der Waals surface area contributed by atoms with Crippen LogP contribution in [-0.4, -0.2) is 38.7 Å². The first-order chi connectivity index (χ1) is 14.9. The van der Waals surface area contributed by atoms with Crippen LogP contribution in [-0.2, 0) is 19.5 Å². The van der Waals surface area contributed by atoms with E-state index in [4.69, 9.17) is 4.42 Å². The monoisotopic (exact) mass is 421 g/mol. The lowest BCUT2D eigenvalue weighted by atomic mass is 10.0. The first kappa shape index (κ1) is 21.3. The highest BCUT2D eigenvalue weighted by Gasteiger charge is 2.28. The van der Waals surface area contributed by atoms with E-state index in [-0.39, 0.29) is 17.9 Å². The fourth-order valence-electron chi connectivity index (χ4n) is 4.19. The van der Waals surface area contributed by atoms with Gasteiger partial charge in [-0.3, -0.25) is 9.69 Å². The molecule has 0 saturated heterocycles. The van der Waals surface area contributed by atoms with E-state index in [1.807, 2.05) is 0 Å². The van der Waals surface area contributed by atoms with Gasteiger partial charge in [-0.15, -0.1) is 10.2 Å². The molecule has 1 amide bonds. The Hall–Kier alpha value is -2.93. The summed E-state index contributed by atoms with van der Waals surface area (Å²) in [6, 6.07) is 8.12. The summed E-state index contributed by atoms with van der Waals surface area (Å²) in [5, 5.41) is 12.1. The third-order valence-electron chi connectivity index (χ3n) is 6.05. The molecule has 0 bridgehead atoms. The van der Waals surface area contributed by atoms with Gasteiger partial charge in [0.1, 0.15) is 12.1 Å². The Morgan fingerprint density at radius 2 is 2.00 bits per heavy atom. The summed E-state index contributed by atoms with van der Waals surface area (Å²) in [4.78, 5) is 15.1. The second-order valence-corrected chi connectivity index (χ2v) is 8.79. The number of amides is 1. The van der Waals surface area contributed by atoms with E-state index in [9.17, 15) is 4.79 Å². The van der Waals surface area contributed by atoms with Crippen molar-refractivity contribution in [3.63, 3.8) is 0 Å². The van der Waals surface area contributed by atoms with E-state index in [1.54, 1.807) is 6.07 Å². The van der Waals surface area contributed by atoms with E-state index >= 15 is 0 Å². The molecule has 0 unspecified atom stereocenters. The van der Waals surface area contributed by atoms with E-state index in [1.165, 1.54) is 29.2 Å². The average Bonchev–Trinajstić information content (AvgIpc) is 3.36. The van der Waals surface area contributed by atoms with Crippen molar-refractivity contribution < 1.29 is 9.21 Å². The molecule has 0 radical (unpaired) electrons. The lowest BCUT2D eigenvalue weighted by Gasteiger charge is -2.23. The Labute approximate surface area is 183 Å². The number of hydrogen-bond acceptors (Lipinski definition) is 5. The SMILES string of the molecule is Cc1ccc(CN2CCc3nnc([C@@H](NC(=O)c4ccoc4)C(C)C)n3CC2)c(C)c1. The molecule has 7 heteroatoms. The first-order valence-corrected chi connectivity index (χ1v) is 11.0. The van der Waals surface area contributed by atoms with Crippen molar-refractivity contribution in [2.24, 2.45) is 5.92 Å². The maximum absolute atomic E-state index is 12.6. The Morgan fingerprint density at radius 1 is 1.16 bits per heavy atom. The van der Waals surface area contributed by atoms with Crippen LogP contribution in [0.2, 0.25) is 0 Å². The van der Waals surface area contributed by atoms with Gasteiger partial charge in [0.15, 0.2) is 5.82 Å². The highest BCUT2D eigenvalue weighted by Crippen LogP contribution is 2.24. The van der Waals surface area contributed by atoms with Crippen LogP contribution in [0.4, 0.5) is 0 Å². The molecule has 2 aromatic heterocycles. The van der Waals surface area contributed by atoms with Crippen LogP contribution in [0, 0.1) is 19.8 Å². The highest BCUT2D eigenvalue weighted by molar-refractivity contribution is 5.94. The third kappa shape index (κ3) is 4.71. The molecule has 0 fully saturated rings. The van der Waals surface area contributed by atoms with Crippen LogP contribution >= 0.6 is 0 Å². The van der Waals surface area contributed by atoms with Gasteiger partial charge < -0.3 is 14.3 Å². The maximum atomic E-state index is 12.6. The van der Waals surface area contributed by atoms with E-state index < -0.39 is 0 Å². The summed E-state index contributed by atoms with van der Waals surface area (Å²) < 4.78 is 7.25. The van der Waals surface area contributed by atoms with Gasteiger partial charge in [0.05, 0.1) is 17.9 Å². The van der Waals surface area contributed by atoms with Crippen molar-refractivity contribution in [1.29, 1.82) is 0 Å². The number of aryl methyl sites for hydroxylation is 2. The third-order valence-corrected chi connectivity index (χ3v) is 6.05. The van der Waals surface area contributed by atoms with Crippen molar-refractivity contribution >= 4 is 5.91 Å². The molecule has 1 aliphatic heterocycles. The predicted molar refractivity (Wildman–Crippen MR) is 119 cm³/mol. The van der Waals surface area contributed by atoms with Gasteiger partial charge in [-0.05, 0) is 37.0 Å². The number of hydrogen-bond donors (Lipinski definition) is 1. The number of carbonyl (C=O) groups is 1. The van der Waals surface area contributed by atoms with E-state index in [0.717, 1.165) is 44.2 Å². The molecule has 1 atom stereocenters. The average molecular weight is 422 g/mol. The number of furan rings is 1. The molecule has 0 saturated carbocycles. The van der Waals surface area contributed by atoms with Gasteiger partial charge in [-0.1, -0.05) is 37.6 Å². The Balaban J connectivity index is 1.49. The first-order valence-electron chi connectivity index (χ1n) is 11.0. The minimum absolute atomic E-state index is 0.158. The quantitative estimate of drug-likeness (QED) is 0.657. The summed E-state index contributed by atoms with van der Waals surface area (Å²) in [6.07, 6.45) is 3.81. The number of nitrogens with one attached hydrogen (secondary N) is 1. The fourth-order valence-corrected chi connectivity index (χ4v) is 4.19. The van der Waals surface area contributed by atoms with Gasteiger partial charge in [0.2, 0.25) is 0 Å². The number of nitrogens with zero attached hydrogens (tertiary/aromatic N) is 4. The lowest BCUT2D eigenvalue weighted by Crippen LogP contribution is -2.34. The largest absolute Gasteiger partial charge is 0.472 e. The van der Waals surface area contributed by atoms with E-state index in [0.29, 0.717) is 5.56 Å². The molecular weight excluding hydrogens is 390 g/mol. The highest BCUT2D eigenvalue weighted by atomic mass is 16.3. The van der Waals surface area contributed by atoms with Crippen molar-refractivity contribution in [1.82, 2.24) is 25.0 Å². The molecule has 164 valence electrons. The maximum Gasteiger partial charge on any atom is 0.255 e. The molecule has 7 nitrogen and oxygen atoms in total. The molecule has 1 aliphatic rings. The zero-order chi connectivity index (χ0) is 22.0. The second kappa shape index (κ2) is 9.06. The normalized spacial score (nSPS) is 15.5. The minimum atomic E-state index is -0.213. The topological polar surface area (TPSA) is 76.2 Å². The van der Waals surface area contributed by atoms with Crippen molar-refractivity contribution in [2.45, 2.75) is 53.2 Å². The number of carbonyl (C=O) groups excluding carboxylic acids is 1. The molecule has 4 rings (SSSR count). The minimum Gasteiger partial charge on any atom is -0.472 e. The Bertz CT molecular complexity index is 1040. The van der Waals surface area contributed by atoms with Crippen LogP contribution < -0.4 is 5.32 Å². The van der Waals surface area contributed by atoms with E-state index in [2.05, 4.69) is 70.9 Å². The number of fused-ring (bicyclic) bond motifs is 1. The molecule has 0 aliphatic carbocycles.